The number of rotatable bonds is 10. The number of methoxy groups -OCH3 is 2. The fourth-order valence-corrected chi connectivity index (χ4v) is 4.63. The lowest BCUT2D eigenvalue weighted by Crippen LogP contribution is -2.30. The number of halogens is 1. The van der Waals surface area contributed by atoms with E-state index >= 15 is 0 Å². The summed E-state index contributed by atoms with van der Waals surface area (Å²) in [7, 11) is -0.886. The molecular weight excluding hydrogens is 469 g/mol. The lowest BCUT2D eigenvalue weighted by atomic mass is 10.2. The first-order chi connectivity index (χ1) is 16.2. The summed E-state index contributed by atoms with van der Waals surface area (Å²) in [5.41, 5.74) is -0.00484. The molecule has 182 valence electrons. The molecule has 3 aromatic rings. The van der Waals surface area contributed by atoms with Crippen LogP contribution < -0.4 is 9.47 Å². The summed E-state index contributed by atoms with van der Waals surface area (Å²) in [5, 5.41) is 3.85. The molecule has 0 aliphatic heterocycles. The molecule has 34 heavy (non-hydrogen) atoms. The van der Waals surface area contributed by atoms with Crippen LogP contribution in [0.5, 0.6) is 11.5 Å². The van der Waals surface area contributed by atoms with E-state index in [1.807, 2.05) is 0 Å². The highest BCUT2D eigenvalue weighted by Gasteiger charge is 2.25. The summed E-state index contributed by atoms with van der Waals surface area (Å²) in [4.78, 5) is 16.4. The minimum atomic E-state index is -3.88. The number of nitrogens with zero attached hydrogens (tertiary/aromatic N) is 3. The summed E-state index contributed by atoms with van der Waals surface area (Å²) < 4.78 is 61.5. The number of hydrogen-bond donors (Lipinski definition) is 0. The molecule has 3 rings (SSSR count). The molecule has 0 atom stereocenters. The number of carbonyl (C=O) groups is 1. The first kappa shape index (κ1) is 25.1. The van der Waals surface area contributed by atoms with E-state index < -0.39 is 34.0 Å². The first-order valence-corrected chi connectivity index (χ1v) is 11.7. The topological polar surface area (TPSA) is 121 Å². The van der Waals surface area contributed by atoms with Crippen LogP contribution in [0.4, 0.5) is 4.39 Å². The van der Waals surface area contributed by atoms with Gasteiger partial charge in [-0.15, -0.1) is 0 Å². The van der Waals surface area contributed by atoms with E-state index in [0.717, 1.165) is 18.2 Å². The van der Waals surface area contributed by atoms with Gasteiger partial charge in [-0.05, 0) is 30.3 Å². The molecule has 0 saturated heterocycles. The van der Waals surface area contributed by atoms with Crippen molar-refractivity contribution in [2.24, 2.45) is 0 Å². The Morgan fingerprint density at radius 2 is 1.82 bits per heavy atom. The Labute approximate surface area is 196 Å². The van der Waals surface area contributed by atoms with Crippen LogP contribution >= 0.6 is 0 Å². The van der Waals surface area contributed by atoms with Gasteiger partial charge < -0.3 is 18.7 Å². The number of carbonyl (C=O) groups excluding carboxylic acids is 1. The van der Waals surface area contributed by atoms with Gasteiger partial charge in [0.15, 0.2) is 6.61 Å². The highest BCUT2D eigenvalue weighted by Crippen LogP contribution is 2.31. The van der Waals surface area contributed by atoms with Gasteiger partial charge in [-0.3, -0.25) is 0 Å². The number of aromatic nitrogens is 2. The molecule has 0 unspecified atom stereocenters. The zero-order chi connectivity index (χ0) is 24.9. The number of sulfonamides is 1. The van der Waals surface area contributed by atoms with Gasteiger partial charge in [-0.2, -0.15) is 9.29 Å². The SMILES string of the molecule is CCN(CC)S(=O)(=O)c1ccc(F)c(C(=O)OCc2nc(-c3ccc(OC)cc3OC)no2)c1. The predicted octanol–water partition coefficient (Wildman–Crippen LogP) is 3.28. The van der Waals surface area contributed by atoms with Gasteiger partial charge in [0.1, 0.15) is 17.3 Å². The minimum absolute atomic E-state index is 0.0476. The van der Waals surface area contributed by atoms with Gasteiger partial charge in [0, 0.05) is 19.2 Å². The molecule has 0 aliphatic carbocycles. The van der Waals surface area contributed by atoms with E-state index in [1.54, 1.807) is 32.0 Å². The lowest BCUT2D eigenvalue weighted by molar-refractivity contribution is 0.0424. The maximum Gasteiger partial charge on any atom is 0.341 e. The Bertz CT molecular complexity index is 1270. The Morgan fingerprint density at radius 3 is 2.47 bits per heavy atom. The molecule has 0 radical (unpaired) electrons. The standard InChI is InChI=1S/C22H24FN3O7S/c1-5-26(6-2)34(28,29)15-8-10-18(23)17(12-15)22(27)32-13-20-24-21(25-33-20)16-9-7-14(30-3)11-19(16)31-4/h7-12H,5-6,13H2,1-4H3. The van der Waals surface area contributed by atoms with Crippen LogP contribution in [0.2, 0.25) is 0 Å². The van der Waals surface area contributed by atoms with Crippen molar-refractivity contribution in [2.75, 3.05) is 27.3 Å². The minimum Gasteiger partial charge on any atom is -0.497 e. The van der Waals surface area contributed by atoms with Crippen LogP contribution in [0.15, 0.2) is 45.8 Å². The molecular formula is C22H24FN3O7S. The van der Waals surface area contributed by atoms with Crippen LogP contribution in [0.1, 0.15) is 30.1 Å². The second kappa shape index (κ2) is 10.6. The third-order valence-electron chi connectivity index (χ3n) is 4.95. The maximum absolute atomic E-state index is 14.3. The Balaban J connectivity index is 1.77. The van der Waals surface area contributed by atoms with E-state index in [1.165, 1.54) is 18.5 Å². The molecule has 2 aromatic carbocycles. The average molecular weight is 494 g/mol. The molecule has 1 aromatic heterocycles. The van der Waals surface area contributed by atoms with Crippen LogP contribution in [0, 0.1) is 5.82 Å². The van der Waals surface area contributed by atoms with Gasteiger partial charge in [0.25, 0.3) is 5.89 Å². The Hall–Kier alpha value is -3.51. The van der Waals surface area contributed by atoms with Gasteiger partial charge in [-0.25, -0.2) is 17.6 Å². The van der Waals surface area contributed by atoms with E-state index in [4.69, 9.17) is 18.7 Å². The summed E-state index contributed by atoms with van der Waals surface area (Å²) >= 11 is 0. The predicted molar refractivity (Wildman–Crippen MR) is 118 cm³/mol. The molecule has 0 fully saturated rings. The molecule has 0 amide bonds. The maximum atomic E-state index is 14.3. The van der Waals surface area contributed by atoms with Crippen molar-refractivity contribution in [1.82, 2.24) is 14.4 Å². The fraction of sp³-hybridized carbons (Fsp3) is 0.318. The summed E-state index contributed by atoms with van der Waals surface area (Å²) in [6.45, 7) is 3.37. The average Bonchev–Trinajstić information content (AvgIpc) is 3.31. The Morgan fingerprint density at radius 1 is 1.09 bits per heavy atom. The van der Waals surface area contributed by atoms with Crippen molar-refractivity contribution >= 4 is 16.0 Å². The van der Waals surface area contributed by atoms with Crippen LogP contribution in [0.25, 0.3) is 11.4 Å². The molecule has 0 spiro atoms. The van der Waals surface area contributed by atoms with Crippen molar-refractivity contribution < 1.29 is 36.3 Å². The van der Waals surface area contributed by atoms with Crippen molar-refractivity contribution in [3.05, 3.63) is 53.7 Å². The number of benzene rings is 2. The first-order valence-electron chi connectivity index (χ1n) is 10.3. The molecule has 0 bridgehead atoms. The van der Waals surface area contributed by atoms with Gasteiger partial charge in [-0.1, -0.05) is 19.0 Å². The second-order valence-corrected chi connectivity index (χ2v) is 8.82. The van der Waals surface area contributed by atoms with Crippen LogP contribution in [0.3, 0.4) is 0 Å². The third-order valence-corrected chi connectivity index (χ3v) is 6.99. The Kier molecular flexibility index (Phi) is 7.84. The highest BCUT2D eigenvalue weighted by atomic mass is 32.2. The van der Waals surface area contributed by atoms with Gasteiger partial charge >= 0.3 is 5.97 Å². The second-order valence-electron chi connectivity index (χ2n) is 6.89. The quantitative estimate of drug-likeness (QED) is 0.392. The van der Waals surface area contributed by atoms with E-state index in [0.29, 0.717) is 17.1 Å². The molecule has 12 heteroatoms. The van der Waals surface area contributed by atoms with E-state index in [9.17, 15) is 17.6 Å². The summed E-state index contributed by atoms with van der Waals surface area (Å²) in [6.07, 6.45) is 0. The van der Waals surface area contributed by atoms with Crippen LogP contribution in [-0.4, -0.2) is 56.1 Å². The van der Waals surface area contributed by atoms with E-state index in [2.05, 4.69) is 10.1 Å². The third kappa shape index (κ3) is 5.18. The van der Waals surface area contributed by atoms with Gasteiger partial charge in [0.2, 0.25) is 15.8 Å². The molecule has 0 N–H and O–H groups in total. The lowest BCUT2D eigenvalue weighted by Gasteiger charge is -2.18. The zero-order valence-electron chi connectivity index (χ0n) is 19.1. The van der Waals surface area contributed by atoms with E-state index in [-0.39, 0.29) is 29.7 Å². The van der Waals surface area contributed by atoms with Crippen LogP contribution in [-0.2, 0) is 21.4 Å². The number of ether oxygens (including phenoxy) is 3. The fourth-order valence-electron chi connectivity index (χ4n) is 3.15. The normalized spacial score (nSPS) is 11.5. The molecule has 0 saturated carbocycles. The summed E-state index contributed by atoms with van der Waals surface area (Å²) in [5.74, 6) is -0.839. The number of esters is 1. The number of hydrogen-bond acceptors (Lipinski definition) is 9. The summed E-state index contributed by atoms with van der Waals surface area (Å²) in [6, 6.07) is 7.98. The van der Waals surface area contributed by atoms with Crippen molar-refractivity contribution in [3.8, 4) is 22.9 Å². The highest BCUT2D eigenvalue weighted by molar-refractivity contribution is 7.89. The largest absolute Gasteiger partial charge is 0.497 e. The monoisotopic (exact) mass is 493 g/mol. The van der Waals surface area contributed by atoms with Crippen molar-refractivity contribution in [2.45, 2.75) is 25.3 Å². The molecule has 0 aliphatic rings. The molecule has 10 nitrogen and oxygen atoms in total. The smallest absolute Gasteiger partial charge is 0.341 e. The van der Waals surface area contributed by atoms with Gasteiger partial charge in [0.05, 0.1) is 30.2 Å². The molecule has 1 heterocycles. The van der Waals surface area contributed by atoms with Crippen molar-refractivity contribution in [3.63, 3.8) is 0 Å². The van der Waals surface area contributed by atoms with Crippen molar-refractivity contribution in [1.29, 1.82) is 0 Å². The zero-order valence-corrected chi connectivity index (χ0v) is 19.9.